The Balaban J connectivity index is 1.38. The first kappa shape index (κ1) is 22.0. The molecule has 1 amide bonds. The van der Waals surface area contributed by atoms with Crippen LogP contribution in [-0.2, 0) is 18.3 Å². The molecule has 0 radical (unpaired) electrons. The number of carbonyl (C=O) groups excluding carboxylic acids is 1. The highest BCUT2D eigenvalue weighted by Gasteiger charge is 2.17. The number of anilines is 1. The molecule has 0 bridgehead atoms. The van der Waals surface area contributed by atoms with Crippen molar-refractivity contribution in [1.82, 2.24) is 19.3 Å². The molecule has 0 fully saturated rings. The molecule has 0 saturated heterocycles. The largest absolute Gasteiger partial charge is 0.354 e. The fraction of sp³-hybridized carbons (Fsp3) is 0.148. The molecule has 0 unspecified atom stereocenters. The van der Waals surface area contributed by atoms with Crippen molar-refractivity contribution in [3.8, 4) is 5.69 Å². The number of aryl methyl sites for hydroxylation is 2. The number of fused-ring (bicyclic) bond motifs is 1. The number of thioether (sulfide) groups is 1. The lowest BCUT2D eigenvalue weighted by Crippen LogP contribution is -2.15. The van der Waals surface area contributed by atoms with E-state index in [1.807, 2.05) is 66.3 Å². The molecular weight excluding hydrogens is 442 g/mol. The van der Waals surface area contributed by atoms with Crippen LogP contribution in [0.25, 0.3) is 16.5 Å². The smallest absolute Gasteiger partial charge is 0.234 e. The van der Waals surface area contributed by atoms with Gasteiger partial charge in [-0.1, -0.05) is 65.9 Å². The SMILES string of the molecule is Cc1ccc(-n2c(Cc3cccn3C)nnc2SCC(=O)Nc2cccc3ccccc23)cc1. The van der Waals surface area contributed by atoms with Gasteiger partial charge in [-0.2, -0.15) is 0 Å². The van der Waals surface area contributed by atoms with E-state index in [-0.39, 0.29) is 11.7 Å². The Hall–Kier alpha value is -3.84. The zero-order valence-electron chi connectivity index (χ0n) is 19.1. The van der Waals surface area contributed by atoms with E-state index in [4.69, 9.17) is 0 Å². The summed E-state index contributed by atoms with van der Waals surface area (Å²) in [5.74, 6) is 0.989. The molecule has 0 aliphatic rings. The Bertz CT molecular complexity index is 1450. The molecule has 7 heteroatoms. The van der Waals surface area contributed by atoms with Gasteiger partial charge in [0.1, 0.15) is 5.82 Å². The molecule has 0 aliphatic carbocycles. The van der Waals surface area contributed by atoms with E-state index < -0.39 is 0 Å². The lowest BCUT2D eigenvalue weighted by Gasteiger charge is -2.12. The highest BCUT2D eigenvalue weighted by molar-refractivity contribution is 7.99. The van der Waals surface area contributed by atoms with Crippen LogP contribution in [0.5, 0.6) is 0 Å². The second-order valence-electron chi connectivity index (χ2n) is 8.22. The van der Waals surface area contributed by atoms with Crippen LogP contribution in [0.4, 0.5) is 5.69 Å². The fourth-order valence-corrected chi connectivity index (χ4v) is 4.73. The van der Waals surface area contributed by atoms with Gasteiger partial charge in [-0.15, -0.1) is 10.2 Å². The van der Waals surface area contributed by atoms with Gasteiger partial charge in [0.05, 0.1) is 5.75 Å². The number of hydrogen-bond donors (Lipinski definition) is 1. The molecule has 5 rings (SSSR count). The predicted octanol–water partition coefficient (Wildman–Crippen LogP) is 5.39. The topological polar surface area (TPSA) is 64.7 Å². The maximum absolute atomic E-state index is 12.8. The average molecular weight is 468 g/mol. The summed E-state index contributed by atoms with van der Waals surface area (Å²) in [6.07, 6.45) is 2.67. The zero-order valence-corrected chi connectivity index (χ0v) is 19.9. The van der Waals surface area contributed by atoms with E-state index in [0.717, 1.165) is 33.7 Å². The number of hydrogen-bond acceptors (Lipinski definition) is 4. The van der Waals surface area contributed by atoms with E-state index in [1.54, 1.807) is 0 Å². The number of amides is 1. The van der Waals surface area contributed by atoms with Gasteiger partial charge in [0.15, 0.2) is 5.16 Å². The molecule has 2 heterocycles. The summed E-state index contributed by atoms with van der Waals surface area (Å²) >= 11 is 1.39. The molecule has 0 atom stereocenters. The van der Waals surface area contributed by atoms with Crippen LogP contribution < -0.4 is 5.32 Å². The molecule has 170 valence electrons. The number of rotatable bonds is 7. The standard InChI is InChI=1S/C27H25N5OS/c1-19-12-14-21(15-13-19)32-25(17-22-9-6-16-31(22)2)29-30-27(32)34-18-26(33)28-24-11-5-8-20-7-3-4-10-23(20)24/h3-16H,17-18H2,1-2H3,(H,28,33). The van der Waals surface area contributed by atoms with Gasteiger partial charge >= 0.3 is 0 Å². The first-order chi connectivity index (χ1) is 16.6. The molecule has 1 N–H and O–H groups in total. The van der Waals surface area contributed by atoms with Crippen LogP contribution in [-0.4, -0.2) is 31.0 Å². The van der Waals surface area contributed by atoms with E-state index in [9.17, 15) is 4.79 Å². The molecule has 0 aliphatic heterocycles. The third-order valence-corrected chi connectivity index (χ3v) is 6.71. The summed E-state index contributed by atoms with van der Waals surface area (Å²) in [5, 5.41) is 14.8. The van der Waals surface area contributed by atoms with Gasteiger partial charge in [-0.25, -0.2) is 0 Å². The zero-order chi connectivity index (χ0) is 23.5. The van der Waals surface area contributed by atoms with Crippen molar-refractivity contribution in [3.63, 3.8) is 0 Å². The van der Waals surface area contributed by atoms with Crippen LogP contribution in [0.3, 0.4) is 0 Å². The van der Waals surface area contributed by atoms with Crippen molar-refractivity contribution in [1.29, 1.82) is 0 Å². The number of nitrogens with zero attached hydrogens (tertiary/aromatic N) is 4. The first-order valence-electron chi connectivity index (χ1n) is 11.1. The van der Waals surface area contributed by atoms with Crippen molar-refractivity contribution in [2.24, 2.45) is 7.05 Å². The summed E-state index contributed by atoms with van der Waals surface area (Å²) in [5.41, 5.74) is 4.13. The highest BCUT2D eigenvalue weighted by Crippen LogP contribution is 2.26. The Morgan fingerprint density at radius 1 is 0.941 bits per heavy atom. The Morgan fingerprint density at radius 3 is 2.53 bits per heavy atom. The molecule has 34 heavy (non-hydrogen) atoms. The molecular formula is C27H25N5OS. The minimum atomic E-state index is -0.0798. The Kier molecular flexibility index (Phi) is 6.18. The first-order valence-corrected chi connectivity index (χ1v) is 12.1. The van der Waals surface area contributed by atoms with Crippen molar-refractivity contribution >= 4 is 34.1 Å². The van der Waals surface area contributed by atoms with Gasteiger partial charge in [-0.3, -0.25) is 9.36 Å². The van der Waals surface area contributed by atoms with E-state index in [1.165, 1.54) is 17.3 Å². The number of aromatic nitrogens is 4. The van der Waals surface area contributed by atoms with Crippen LogP contribution >= 0.6 is 11.8 Å². The maximum Gasteiger partial charge on any atom is 0.234 e. The lowest BCUT2D eigenvalue weighted by atomic mass is 10.1. The molecule has 0 spiro atoms. The van der Waals surface area contributed by atoms with Gasteiger partial charge < -0.3 is 9.88 Å². The normalized spacial score (nSPS) is 11.1. The van der Waals surface area contributed by atoms with Crippen LogP contribution in [0.2, 0.25) is 0 Å². The van der Waals surface area contributed by atoms with Crippen molar-refractivity contribution < 1.29 is 4.79 Å². The summed E-state index contributed by atoms with van der Waals surface area (Å²) in [4.78, 5) is 12.8. The summed E-state index contributed by atoms with van der Waals surface area (Å²) in [6, 6.07) is 26.3. The minimum absolute atomic E-state index is 0.0798. The molecule has 3 aromatic carbocycles. The van der Waals surface area contributed by atoms with Gasteiger partial charge in [-0.05, 0) is 42.6 Å². The van der Waals surface area contributed by atoms with Crippen LogP contribution in [0, 0.1) is 6.92 Å². The monoisotopic (exact) mass is 467 g/mol. The number of carbonyl (C=O) groups is 1. The number of benzene rings is 3. The van der Waals surface area contributed by atoms with Crippen molar-refractivity contribution in [2.45, 2.75) is 18.5 Å². The molecule has 0 saturated carbocycles. The number of nitrogens with one attached hydrogen (secondary N) is 1. The highest BCUT2D eigenvalue weighted by atomic mass is 32.2. The van der Waals surface area contributed by atoms with Crippen LogP contribution in [0.15, 0.2) is 90.2 Å². The van der Waals surface area contributed by atoms with Crippen molar-refractivity contribution in [2.75, 3.05) is 11.1 Å². The fourth-order valence-electron chi connectivity index (χ4n) is 3.95. The maximum atomic E-state index is 12.8. The van der Waals surface area contributed by atoms with E-state index in [0.29, 0.717) is 11.6 Å². The molecule has 6 nitrogen and oxygen atoms in total. The van der Waals surface area contributed by atoms with Gasteiger partial charge in [0.2, 0.25) is 5.91 Å². The third kappa shape index (κ3) is 4.61. The molecule has 5 aromatic rings. The second-order valence-corrected chi connectivity index (χ2v) is 9.16. The van der Waals surface area contributed by atoms with Crippen LogP contribution in [0.1, 0.15) is 17.1 Å². The molecule has 2 aromatic heterocycles. The quantitative estimate of drug-likeness (QED) is 0.326. The average Bonchev–Trinajstić information content (AvgIpc) is 3.44. The summed E-state index contributed by atoms with van der Waals surface area (Å²) < 4.78 is 4.13. The predicted molar refractivity (Wildman–Crippen MR) is 138 cm³/mol. The summed E-state index contributed by atoms with van der Waals surface area (Å²) in [7, 11) is 2.02. The van der Waals surface area contributed by atoms with E-state index >= 15 is 0 Å². The van der Waals surface area contributed by atoms with Gasteiger partial charge in [0.25, 0.3) is 0 Å². The Labute approximate surface area is 202 Å². The van der Waals surface area contributed by atoms with Crippen molar-refractivity contribution in [3.05, 3.63) is 102 Å². The Morgan fingerprint density at radius 2 is 1.74 bits per heavy atom. The van der Waals surface area contributed by atoms with E-state index in [2.05, 4.69) is 57.3 Å². The van der Waals surface area contributed by atoms with Gasteiger partial charge in [0, 0.05) is 42.1 Å². The lowest BCUT2D eigenvalue weighted by molar-refractivity contribution is -0.113. The third-order valence-electron chi connectivity index (χ3n) is 5.78. The minimum Gasteiger partial charge on any atom is -0.354 e. The second kappa shape index (κ2) is 9.57. The summed E-state index contributed by atoms with van der Waals surface area (Å²) in [6.45, 7) is 2.06.